The van der Waals surface area contributed by atoms with Crippen molar-refractivity contribution in [1.29, 1.82) is 5.26 Å². The third kappa shape index (κ3) is 3.19. The summed E-state index contributed by atoms with van der Waals surface area (Å²) in [5.41, 5.74) is -0.0522. The molecule has 0 aliphatic heterocycles. The fourth-order valence-corrected chi connectivity index (χ4v) is 1.66. The van der Waals surface area contributed by atoms with Gasteiger partial charge in [-0.15, -0.1) is 0 Å². The number of anilines is 1. The highest BCUT2D eigenvalue weighted by Gasteiger charge is 2.17. The molecule has 2 aromatic carbocycles. The largest absolute Gasteiger partial charge is 0.316 e. The maximum Gasteiger partial charge on any atom is 0.292 e. The molecule has 2 aromatic rings. The van der Waals surface area contributed by atoms with E-state index in [4.69, 9.17) is 5.26 Å². The number of hydrogen-bond donors (Lipinski definition) is 1. The van der Waals surface area contributed by atoms with Crippen LogP contribution in [0.25, 0.3) is 0 Å². The van der Waals surface area contributed by atoms with Crippen molar-refractivity contribution in [3.8, 4) is 6.07 Å². The number of halogens is 1. The second kappa shape index (κ2) is 5.79. The Kier molecular flexibility index (Phi) is 3.90. The zero-order valence-electron chi connectivity index (χ0n) is 10.5. The first kappa shape index (κ1) is 14.1. The Balaban J connectivity index is 2.28. The molecular weight excluding hydrogens is 277 g/mol. The van der Waals surface area contributed by atoms with Gasteiger partial charge in [-0.3, -0.25) is 14.9 Å². The molecule has 0 saturated heterocycles. The predicted molar refractivity (Wildman–Crippen MR) is 72.2 cm³/mol. The minimum Gasteiger partial charge on any atom is -0.316 e. The van der Waals surface area contributed by atoms with Crippen LogP contribution in [0.15, 0.2) is 42.5 Å². The van der Waals surface area contributed by atoms with Crippen LogP contribution in [-0.4, -0.2) is 10.8 Å². The molecule has 2 rings (SSSR count). The summed E-state index contributed by atoms with van der Waals surface area (Å²) in [4.78, 5) is 22.1. The van der Waals surface area contributed by atoms with Crippen molar-refractivity contribution in [1.82, 2.24) is 0 Å². The van der Waals surface area contributed by atoms with Crippen molar-refractivity contribution in [3.05, 3.63) is 69.5 Å². The van der Waals surface area contributed by atoms with Crippen LogP contribution in [0.4, 0.5) is 15.8 Å². The Hall–Kier alpha value is -3.27. The molecule has 0 aromatic heterocycles. The van der Waals surface area contributed by atoms with Crippen LogP contribution >= 0.6 is 0 Å². The number of benzene rings is 2. The molecule has 0 bridgehead atoms. The molecule has 1 amide bonds. The number of amides is 1. The van der Waals surface area contributed by atoms with Crippen LogP contribution in [0.2, 0.25) is 0 Å². The Labute approximate surface area is 118 Å². The molecule has 0 unspecified atom stereocenters. The van der Waals surface area contributed by atoms with E-state index in [1.165, 1.54) is 24.3 Å². The van der Waals surface area contributed by atoms with Crippen LogP contribution in [0, 0.1) is 27.3 Å². The number of nitrogens with one attached hydrogen (secondary N) is 1. The van der Waals surface area contributed by atoms with Gasteiger partial charge >= 0.3 is 0 Å². The molecule has 1 N–H and O–H groups in total. The summed E-state index contributed by atoms with van der Waals surface area (Å²) in [7, 11) is 0. The zero-order chi connectivity index (χ0) is 15.4. The normalized spacial score (nSPS) is 9.71. The standard InChI is InChI=1S/C14H8FN3O3/c15-11-5-6-13(18(20)21)12(7-11)17-14(19)10-3-1-9(8-16)2-4-10/h1-7H,(H,17,19). The fraction of sp³-hybridized carbons (Fsp3) is 0. The average Bonchev–Trinajstić information content (AvgIpc) is 2.47. The van der Waals surface area contributed by atoms with Crippen molar-refractivity contribution in [2.75, 3.05) is 5.32 Å². The lowest BCUT2D eigenvalue weighted by Crippen LogP contribution is -2.13. The molecule has 0 radical (unpaired) electrons. The number of hydrogen-bond acceptors (Lipinski definition) is 4. The minimum absolute atomic E-state index is 0.201. The van der Waals surface area contributed by atoms with Crippen molar-refractivity contribution in [2.24, 2.45) is 0 Å². The minimum atomic E-state index is -0.714. The second-order valence-corrected chi connectivity index (χ2v) is 4.06. The van der Waals surface area contributed by atoms with E-state index in [1.807, 2.05) is 6.07 Å². The van der Waals surface area contributed by atoms with Gasteiger partial charge in [-0.1, -0.05) is 0 Å². The molecule has 0 fully saturated rings. The van der Waals surface area contributed by atoms with Crippen molar-refractivity contribution in [2.45, 2.75) is 0 Å². The molecule has 0 spiro atoms. The zero-order valence-corrected chi connectivity index (χ0v) is 10.5. The van der Waals surface area contributed by atoms with Gasteiger partial charge in [0.1, 0.15) is 11.5 Å². The van der Waals surface area contributed by atoms with Crippen LogP contribution in [0.5, 0.6) is 0 Å². The van der Waals surface area contributed by atoms with E-state index >= 15 is 0 Å². The van der Waals surface area contributed by atoms with E-state index in [0.29, 0.717) is 5.56 Å². The monoisotopic (exact) mass is 285 g/mol. The van der Waals surface area contributed by atoms with Gasteiger partial charge in [0.2, 0.25) is 0 Å². The summed E-state index contributed by atoms with van der Waals surface area (Å²) in [5.74, 6) is -1.33. The van der Waals surface area contributed by atoms with Gasteiger partial charge in [-0.05, 0) is 30.3 Å². The van der Waals surface area contributed by atoms with Crippen molar-refractivity contribution < 1.29 is 14.1 Å². The van der Waals surface area contributed by atoms with E-state index in [9.17, 15) is 19.3 Å². The Morgan fingerprint density at radius 1 is 1.24 bits per heavy atom. The van der Waals surface area contributed by atoms with Crippen LogP contribution in [-0.2, 0) is 0 Å². The summed E-state index contributed by atoms with van der Waals surface area (Å²) in [5, 5.41) is 21.8. The molecule has 0 atom stereocenters. The fourth-order valence-electron chi connectivity index (χ4n) is 1.66. The molecule has 7 heteroatoms. The summed E-state index contributed by atoms with van der Waals surface area (Å²) in [6.45, 7) is 0. The van der Waals surface area contributed by atoms with E-state index in [2.05, 4.69) is 5.32 Å². The molecule has 0 heterocycles. The highest BCUT2D eigenvalue weighted by Crippen LogP contribution is 2.25. The maximum atomic E-state index is 13.2. The maximum absolute atomic E-state index is 13.2. The molecule has 0 saturated carbocycles. The topological polar surface area (TPSA) is 96.0 Å². The number of nitriles is 1. The second-order valence-electron chi connectivity index (χ2n) is 4.06. The molecule has 0 aliphatic rings. The van der Waals surface area contributed by atoms with Gasteiger partial charge in [0, 0.05) is 17.7 Å². The van der Waals surface area contributed by atoms with Gasteiger partial charge in [-0.25, -0.2) is 4.39 Å². The highest BCUT2D eigenvalue weighted by atomic mass is 19.1. The Morgan fingerprint density at radius 2 is 1.90 bits per heavy atom. The van der Waals surface area contributed by atoms with E-state index in [-0.39, 0.29) is 11.3 Å². The molecule has 6 nitrogen and oxygen atoms in total. The van der Waals surface area contributed by atoms with E-state index in [1.54, 1.807) is 0 Å². The first-order valence-corrected chi connectivity index (χ1v) is 5.76. The van der Waals surface area contributed by atoms with Crippen LogP contribution in [0.3, 0.4) is 0 Å². The van der Waals surface area contributed by atoms with Crippen molar-refractivity contribution >= 4 is 17.3 Å². The Bertz CT molecular complexity index is 751. The van der Waals surface area contributed by atoms with E-state index in [0.717, 1.165) is 18.2 Å². The highest BCUT2D eigenvalue weighted by molar-refractivity contribution is 6.05. The lowest BCUT2D eigenvalue weighted by molar-refractivity contribution is -0.384. The van der Waals surface area contributed by atoms with Gasteiger partial charge in [0.25, 0.3) is 11.6 Å². The molecular formula is C14H8FN3O3. The van der Waals surface area contributed by atoms with Gasteiger partial charge in [-0.2, -0.15) is 5.26 Å². The first-order valence-electron chi connectivity index (χ1n) is 5.76. The lowest BCUT2D eigenvalue weighted by atomic mass is 10.1. The molecule has 0 aliphatic carbocycles. The number of rotatable bonds is 3. The third-order valence-corrected chi connectivity index (χ3v) is 2.68. The smallest absolute Gasteiger partial charge is 0.292 e. The SMILES string of the molecule is N#Cc1ccc(C(=O)Nc2cc(F)ccc2[N+](=O)[O-])cc1. The summed E-state index contributed by atoms with van der Waals surface area (Å²) in [6, 6.07) is 10.4. The summed E-state index contributed by atoms with van der Waals surface area (Å²) in [6.07, 6.45) is 0. The number of nitrogens with zero attached hydrogens (tertiary/aromatic N) is 2. The number of nitro groups is 1. The molecule has 104 valence electrons. The van der Waals surface area contributed by atoms with Gasteiger partial charge in [0.15, 0.2) is 0 Å². The number of carbonyl (C=O) groups is 1. The predicted octanol–water partition coefficient (Wildman–Crippen LogP) is 2.86. The van der Waals surface area contributed by atoms with Gasteiger partial charge < -0.3 is 5.32 Å². The quantitative estimate of drug-likeness (QED) is 0.692. The van der Waals surface area contributed by atoms with E-state index < -0.39 is 22.3 Å². The number of nitro benzene ring substituents is 1. The molecule has 21 heavy (non-hydrogen) atoms. The summed E-state index contributed by atoms with van der Waals surface area (Å²) >= 11 is 0. The summed E-state index contributed by atoms with van der Waals surface area (Å²) < 4.78 is 13.2. The lowest BCUT2D eigenvalue weighted by Gasteiger charge is -2.06. The van der Waals surface area contributed by atoms with Crippen LogP contribution < -0.4 is 5.32 Å². The Morgan fingerprint density at radius 3 is 2.48 bits per heavy atom. The third-order valence-electron chi connectivity index (χ3n) is 2.68. The van der Waals surface area contributed by atoms with Crippen LogP contribution in [0.1, 0.15) is 15.9 Å². The first-order chi connectivity index (χ1) is 10.0. The average molecular weight is 285 g/mol. The number of carbonyl (C=O) groups excluding carboxylic acids is 1. The van der Waals surface area contributed by atoms with Crippen molar-refractivity contribution in [3.63, 3.8) is 0 Å². The van der Waals surface area contributed by atoms with Gasteiger partial charge in [0.05, 0.1) is 16.6 Å².